The van der Waals surface area contributed by atoms with Crippen LogP contribution in [-0.2, 0) is 0 Å². The first-order valence-electron chi connectivity index (χ1n) is 10.0. The van der Waals surface area contributed by atoms with Crippen molar-refractivity contribution in [3.05, 3.63) is 36.1 Å². The number of benzene rings is 1. The van der Waals surface area contributed by atoms with Gasteiger partial charge in [0.1, 0.15) is 5.58 Å². The highest BCUT2D eigenvalue weighted by Gasteiger charge is 2.24. The van der Waals surface area contributed by atoms with Crippen LogP contribution in [0.1, 0.15) is 36.2 Å². The molecule has 2 fully saturated rings. The highest BCUT2D eigenvalue weighted by molar-refractivity contribution is 5.96. The van der Waals surface area contributed by atoms with Gasteiger partial charge < -0.3 is 14.2 Å². The Kier molecular flexibility index (Phi) is 9.09. The maximum atomic E-state index is 12.7. The highest BCUT2D eigenvalue weighted by atomic mass is 35.5. The molecule has 5 nitrogen and oxygen atoms in total. The molecule has 0 N–H and O–H groups in total. The molecule has 28 heavy (non-hydrogen) atoms. The van der Waals surface area contributed by atoms with Crippen LogP contribution in [-0.4, -0.2) is 73.0 Å². The van der Waals surface area contributed by atoms with Gasteiger partial charge in [-0.25, -0.2) is 0 Å². The fraction of sp³-hybridized carbons (Fsp3) is 0.571. The SMILES string of the molecule is Cl.Cl.O=C(c1cc2ccccc2o1)N1CCN(CCCN2CCCCC2)CC1. The first-order valence-corrected chi connectivity index (χ1v) is 10.0. The minimum Gasteiger partial charge on any atom is -0.451 e. The average Bonchev–Trinajstić information content (AvgIpc) is 3.13. The number of hydrogen-bond acceptors (Lipinski definition) is 4. The smallest absolute Gasteiger partial charge is 0.289 e. The zero-order chi connectivity index (χ0) is 17.8. The lowest BCUT2D eigenvalue weighted by Crippen LogP contribution is -2.49. The van der Waals surface area contributed by atoms with Crippen LogP contribution in [0.3, 0.4) is 0 Å². The van der Waals surface area contributed by atoms with Gasteiger partial charge in [-0.05, 0) is 57.6 Å². The zero-order valence-corrected chi connectivity index (χ0v) is 18.0. The predicted octanol–water partition coefficient (Wildman–Crippen LogP) is 3.91. The summed E-state index contributed by atoms with van der Waals surface area (Å²) in [6.07, 6.45) is 5.36. The lowest BCUT2D eigenvalue weighted by molar-refractivity contribution is 0.0602. The van der Waals surface area contributed by atoms with Crippen molar-refractivity contribution >= 4 is 41.7 Å². The van der Waals surface area contributed by atoms with E-state index < -0.39 is 0 Å². The number of carbonyl (C=O) groups is 1. The second kappa shape index (κ2) is 11.1. The van der Waals surface area contributed by atoms with E-state index >= 15 is 0 Å². The molecule has 156 valence electrons. The quantitative estimate of drug-likeness (QED) is 0.724. The van der Waals surface area contributed by atoms with E-state index in [1.54, 1.807) is 0 Å². The van der Waals surface area contributed by atoms with Crippen molar-refractivity contribution in [3.8, 4) is 0 Å². The number of carbonyl (C=O) groups excluding carboxylic acids is 1. The minimum absolute atomic E-state index is 0. The maximum Gasteiger partial charge on any atom is 0.289 e. The van der Waals surface area contributed by atoms with Crippen LogP contribution in [0.4, 0.5) is 0 Å². The number of piperidine rings is 1. The maximum absolute atomic E-state index is 12.7. The Labute approximate surface area is 179 Å². The number of fused-ring (bicyclic) bond motifs is 1. The molecule has 0 radical (unpaired) electrons. The topological polar surface area (TPSA) is 39.9 Å². The van der Waals surface area contributed by atoms with Crippen LogP contribution in [0.15, 0.2) is 34.7 Å². The first-order chi connectivity index (χ1) is 12.8. The van der Waals surface area contributed by atoms with E-state index in [1.807, 2.05) is 35.2 Å². The molecule has 0 spiro atoms. The number of amides is 1. The van der Waals surface area contributed by atoms with E-state index in [4.69, 9.17) is 4.42 Å². The molecular formula is C21H31Cl2N3O2. The minimum atomic E-state index is 0. The molecule has 1 aromatic carbocycles. The summed E-state index contributed by atoms with van der Waals surface area (Å²) in [5, 5.41) is 0.993. The van der Waals surface area contributed by atoms with E-state index in [-0.39, 0.29) is 30.7 Å². The number of hydrogen-bond donors (Lipinski definition) is 0. The van der Waals surface area contributed by atoms with Crippen LogP contribution >= 0.6 is 24.8 Å². The van der Waals surface area contributed by atoms with Gasteiger partial charge in [0, 0.05) is 31.6 Å². The van der Waals surface area contributed by atoms with Gasteiger partial charge >= 0.3 is 0 Å². The third kappa shape index (κ3) is 5.63. The summed E-state index contributed by atoms with van der Waals surface area (Å²) in [4.78, 5) is 19.7. The van der Waals surface area contributed by atoms with Crippen molar-refractivity contribution in [2.45, 2.75) is 25.7 Å². The summed E-state index contributed by atoms with van der Waals surface area (Å²) in [6.45, 7) is 8.43. The van der Waals surface area contributed by atoms with E-state index in [0.717, 1.165) is 43.7 Å². The van der Waals surface area contributed by atoms with Crippen molar-refractivity contribution in [2.75, 3.05) is 52.4 Å². The molecule has 1 aromatic heterocycles. The molecule has 4 rings (SSSR count). The van der Waals surface area contributed by atoms with Gasteiger partial charge in [-0.3, -0.25) is 9.69 Å². The predicted molar refractivity (Wildman–Crippen MR) is 118 cm³/mol. The van der Waals surface area contributed by atoms with Crippen molar-refractivity contribution in [3.63, 3.8) is 0 Å². The number of para-hydroxylation sites is 1. The summed E-state index contributed by atoms with van der Waals surface area (Å²) >= 11 is 0. The second-order valence-corrected chi connectivity index (χ2v) is 7.54. The van der Waals surface area contributed by atoms with Gasteiger partial charge in [-0.15, -0.1) is 24.8 Å². The van der Waals surface area contributed by atoms with Crippen molar-refractivity contribution in [1.29, 1.82) is 0 Å². The number of furan rings is 1. The van der Waals surface area contributed by atoms with Crippen molar-refractivity contribution in [1.82, 2.24) is 14.7 Å². The van der Waals surface area contributed by atoms with Crippen LogP contribution in [0.2, 0.25) is 0 Å². The highest BCUT2D eigenvalue weighted by Crippen LogP contribution is 2.20. The number of halogens is 2. The Hall–Kier alpha value is -1.27. The first kappa shape index (κ1) is 23.0. The molecule has 0 atom stereocenters. The fourth-order valence-electron chi connectivity index (χ4n) is 4.12. The van der Waals surface area contributed by atoms with Gasteiger partial charge in [0.25, 0.3) is 5.91 Å². The zero-order valence-electron chi connectivity index (χ0n) is 16.3. The lowest BCUT2D eigenvalue weighted by Gasteiger charge is -2.35. The Morgan fingerprint density at radius 1 is 0.857 bits per heavy atom. The van der Waals surface area contributed by atoms with Crippen LogP contribution in [0.5, 0.6) is 0 Å². The van der Waals surface area contributed by atoms with E-state index in [0.29, 0.717) is 5.76 Å². The van der Waals surface area contributed by atoms with Crippen LogP contribution < -0.4 is 0 Å². The molecule has 7 heteroatoms. The van der Waals surface area contributed by atoms with Crippen molar-refractivity contribution < 1.29 is 9.21 Å². The molecule has 3 heterocycles. The fourth-order valence-corrected chi connectivity index (χ4v) is 4.12. The third-order valence-corrected chi connectivity index (χ3v) is 5.69. The Balaban J connectivity index is 0.00000140. The molecule has 2 aliphatic heterocycles. The van der Waals surface area contributed by atoms with E-state index in [2.05, 4.69) is 9.80 Å². The number of rotatable bonds is 5. The molecule has 2 aliphatic rings. The Morgan fingerprint density at radius 2 is 1.50 bits per heavy atom. The molecule has 1 amide bonds. The molecule has 2 saturated heterocycles. The molecule has 2 aromatic rings. The summed E-state index contributed by atoms with van der Waals surface area (Å²) in [6, 6.07) is 9.66. The molecule has 0 aliphatic carbocycles. The van der Waals surface area contributed by atoms with Gasteiger partial charge in [-0.1, -0.05) is 24.6 Å². The van der Waals surface area contributed by atoms with Gasteiger partial charge in [0.15, 0.2) is 5.76 Å². The third-order valence-electron chi connectivity index (χ3n) is 5.69. The average molecular weight is 428 g/mol. The number of piperazine rings is 1. The van der Waals surface area contributed by atoms with Gasteiger partial charge in [0.2, 0.25) is 0 Å². The summed E-state index contributed by atoms with van der Waals surface area (Å²) in [7, 11) is 0. The standard InChI is InChI=1S/C21H29N3O2.2ClH/c25-21(20-17-18-7-2-3-8-19(18)26-20)24-15-13-23(14-16-24)12-6-11-22-9-4-1-5-10-22;;/h2-3,7-8,17H,1,4-6,9-16H2;2*1H. The summed E-state index contributed by atoms with van der Waals surface area (Å²) < 4.78 is 5.73. The summed E-state index contributed by atoms with van der Waals surface area (Å²) in [5.74, 6) is 0.485. The second-order valence-electron chi connectivity index (χ2n) is 7.54. The van der Waals surface area contributed by atoms with Crippen molar-refractivity contribution in [2.24, 2.45) is 0 Å². The van der Waals surface area contributed by atoms with Crippen LogP contribution in [0.25, 0.3) is 11.0 Å². The summed E-state index contributed by atoms with van der Waals surface area (Å²) in [5.41, 5.74) is 0.784. The number of nitrogens with zero attached hydrogens (tertiary/aromatic N) is 3. The molecule has 0 unspecified atom stereocenters. The normalized spacial score (nSPS) is 18.5. The van der Waals surface area contributed by atoms with Gasteiger partial charge in [0.05, 0.1) is 0 Å². The van der Waals surface area contributed by atoms with E-state index in [1.165, 1.54) is 45.3 Å². The Bertz CT molecular complexity index is 705. The van der Waals surface area contributed by atoms with Crippen LogP contribution in [0, 0.1) is 0 Å². The molecular weight excluding hydrogens is 397 g/mol. The monoisotopic (exact) mass is 427 g/mol. The molecule has 0 bridgehead atoms. The molecule has 0 saturated carbocycles. The van der Waals surface area contributed by atoms with Gasteiger partial charge in [-0.2, -0.15) is 0 Å². The lowest BCUT2D eigenvalue weighted by atomic mass is 10.1. The van der Waals surface area contributed by atoms with E-state index in [9.17, 15) is 4.79 Å². The Morgan fingerprint density at radius 3 is 2.18 bits per heavy atom. The number of likely N-dealkylation sites (tertiary alicyclic amines) is 1. The largest absolute Gasteiger partial charge is 0.451 e.